The molecule has 1 amide bonds. The number of benzene rings is 3. The number of carbonyl (C=O) groups excluding carboxylic acids is 1. The van der Waals surface area contributed by atoms with E-state index >= 15 is 0 Å². The maximum absolute atomic E-state index is 12.2. The lowest BCUT2D eigenvalue weighted by Crippen LogP contribution is -2.21. The van der Waals surface area contributed by atoms with Gasteiger partial charge in [-0.15, -0.1) is 0 Å². The minimum absolute atomic E-state index is 0.0812. The van der Waals surface area contributed by atoms with Gasteiger partial charge in [-0.2, -0.15) is 5.10 Å². The van der Waals surface area contributed by atoms with Gasteiger partial charge >= 0.3 is 0 Å². The maximum Gasteiger partial charge on any atom is 0.271 e. The summed E-state index contributed by atoms with van der Waals surface area (Å²) in [6.45, 7) is 5.93. The Labute approximate surface area is 203 Å². The van der Waals surface area contributed by atoms with E-state index in [-0.39, 0.29) is 10.8 Å². The Bertz CT molecular complexity index is 1130. The third-order valence-corrected chi connectivity index (χ3v) is 5.39. The molecule has 0 atom stereocenters. The van der Waals surface area contributed by atoms with Gasteiger partial charge in [0.1, 0.15) is 18.1 Å². The highest BCUT2D eigenvalue weighted by atomic mass is 35.5. The van der Waals surface area contributed by atoms with Crippen molar-refractivity contribution in [1.29, 1.82) is 0 Å². The highest BCUT2D eigenvalue weighted by Crippen LogP contribution is 2.25. The summed E-state index contributed by atoms with van der Waals surface area (Å²) >= 11 is 11.7. The van der Waals surface area contributed by atoms with Crippen molar-refractivity contribution in [2.75, 3.05) is 13.2 Å². The number of amides is 1. The smallest absolute Gasteiger partial charge is 0.271 e. The van der Waals surface area contributed by atoms with Crippen molar-refractivity contribution in [3.63, 3.8) is 0 Å². The number of hydrogen-bond acceptors (Lipinski definition) is 5. The summed E-state index contributed by atoms with van der Waals surface area (Å²) in [4.78, 5) is 12.2. The van der Waals surface area contributed by atoms with Crippen LogP contribution in [0.4, 0.5) is 0 Å². The van der Waals surface area contributed by atoms with Gasteiger partial charge in [0.05, 0.1) is 11.2 Å². The van der Waals surface area contributed by atoms with Crippen molar-refractivity contribution in [2.45, 2.75) is 20.4 Å². The highest BCUT2D eigenvalue weighted by molar-refractivity contribution is 6.32. The molecular weight excluding hydrogens is 461 g/mol. The van der Waals surface area contributed by atoms with Crippen molar-refractivity contribution in [1.82, 2.24) is 10.7 Å². The monoisotopic (exact) mass is 485 g/mol. The van der Waals surface area contributed by atoms with Gasteiger partial charge in [0, 0.05) is 23.7 Å². The molecule has 0 aromatic heterocycles. The molecule has 6 nitrogen and oxygen atoms in total. The van der Waals surface area contributed by atoms with E-state index in [0.29, 0.717) is 18.7 Å². The molecule has 3 rings (SSSR count). The average molecular weight is 486 g/mol. The second kappa shape index (κ2) is 11.7. The van der Waals surface area contributed by atoms with E-state index in [1.165, 1.54) is 18.2 Å². The van der Waals surface area contributed by atoms with E-state index in [2.05, 4.69) is 15.8 Å². The average Bonchev–Trinajstić information content (AvgIpc) is 2.78. The lowest BCUT2D eigenvalue weighted by Gasteiger charge is -2.13. The van der Waals surface area contributed by atoms with E-state index in [1.54, 1.807) is 6.21 Å². The molecule has 8 heteroatoms. The predicted molar refractivity (Wildman–Crippen MR) is 133 cm³/mol. The summed E-state index contributed by atoms with van der Waals surface area (Å²) in [5.74, 6) is 0.332. The minimum atomic E-state index is -0.423. The molecular formula is C25H25Cl2N3O3. The summed E-state index contributed by atoms with van der Waals surface area (Å²) in [5, 5.41) is 17.6. The fraction of sp³-hybridized carbons (Fsp3) is 0.200. The van der Waals surface area contributed by atoms with Gasteiger partial charge in [-0.1, -0.05) is 35.3 Å². The summed E-state index contributed by atoms with van der Waals surface area (Å²) < 4.78 is 5.97. The topological polar surface area (TPSA) is 83.0 Å². The molecule has 0 radical (unpaired) electrons. The summed E-state index contributed by atoms with van der Waals surface area (Å²) in [6.07, 6.45) is 1.57. The first-order chi connectivity index (χ1) is 15.8. The molecule has 3 aromatic carbocycles. The molecule has 3 aromatic rings. The molecule has 0 unspecified atom stereocenters. The van der Waals surface area contributed by atoms with Gasteiger partial charge in [0.15, 0.2) is 0 Å². The number of hydrogen-bond donors (Lipinski definition) is 3. The van der Waals surface area contributed by atoms with Crippen molar-refractivity contribution in [2.24, 2.45) is 5.10 Å². The fourth-order valence-electron chi connectivity index (χ4n) is 3.22. The second-order valence-electron chi connectivity index (χ2n) is 7.50. The van der Waals surface area contributed by atoms with Gasteiger partial charge in [-0.3, -0.25) is 4.79 Å². The van der Waals surface area contributed by atoms with Crippen LogP contribution in [-0.2, 0) is 6.54 Å². The molecule has 3 N–H and O–H groups in total. The number of phenols is 1. The lowest BCUT2D eigenvalue weighted by molar-refractivity contribution is 0.0955. The normalized spacial score (nSPS) is 11.0. The Morgan fingerprint density at radius 3 is 2.42 bits per heavy atom. The molecule has 0 aliphatic rings. The van der Waals surface area contributed by atoms with E-state index in [4.69, 9.17) is 27.9 Å². The summed E-state index contributed by atoms with van der Waals surface area (Å²) in [6, 6.07) is 15.8. The van der Waals surface area contributed by atoms with Crippen LogP contribution in [0.3, 0.4) is 0 Å². The van der Waals surface area contributed by atoms with Crippen LogP contribution in [0, 0.1) is 13.8 Å². The minimum Gasteiger partial charge on any atom is -0.506 e. The maximum atomic E-state index is 12.2. The third-order valence-electron chi connectivity index (χ3n) is 4.84. The highest BCUT2D eigenvalue weighted by Gasteiger charge is 2.08. The second-order valence-corrected chi connectivity index (χ2v) is 8.34. The largest absolute Gasteiger partial charge is 0.506 e. The number of ether oxygens (including phenoxy) is 1. The predicted octanol–water partition coefficient (Wildman–Crippen LogP) is 5.25. The van der Waals surface area contributed by atoms with Crippen LogP contribution in [0.15, 0.2) is 59.7 Å². The number of nitrogens with one attached hydrogen (secondary N) is 2. The number of carbonyl (C=O) groups is 1. The van der Waals surface area contributed by atoms with Crippen LogP contribution in [0.1, 0.15) is 32.6 Å². The number of nitrogens with zero attached hydrogens (tertiary/aromatic N) is 1. The van der Waals surface area contributed by atoms with Gasteiger partial charge in [-0.25, -0.2) is 5.43 Å². The molecule has 0 spiro atoms. The van der Waals surface area contributed by atoms with Gasteiger partial charge in [-0.05, 0) is 78.6 Å². The van der Waals surface area contributed by atoms with Crippen LogP contribution in [-0.4, -0.2) is 30.4 Å². The number of phenolic OH excluding ortho intramolecular Hbond substituents is 1. The molecule has 0 heterocycles. The zero-order valence-electron chi connectivity index (χ0n) is 18.4. The van der Waals surface area contributed by atoms with Gasteiger partial charge in [0.25, 0.3) is 5.91 Å². The number of halogens is 2. The lowest BCUT2D eigenvalue weighted by atomic mass is 10.1. The van der Waals surface area contributed by atoms with Crippen LogP contribution in [0.5, 0.6) is 11.5 Å². The van der Waals surface area contributed by atoms with E-state index in [1.807, 2.05) is 50.2 Å². The van der Waals surface area contributed by atoms with Crippen LogP contribution < -0.4 is 15.5 Å². The molecule has 33 heavy (non-hydrogen) atoms. The first kappa shape index (κ1) is 24.6. The first-order valence-corrected chi connectivity index (χ1v) is 11.1. The van der Waals surface area contributed by atoms with Crippen molar-refractivity contribution in [3.05, 3.63) is 92.5 Å². The van der Waals surface area contributed by atoms with Gasteiger partial charge < -0.3 is 15.2 Å². The molecule has 0 aliphatic carbocycles. The van der Waals surface area contributed by atoms with E-state index < -0.39 is 5.91 Å². The Kier molecular flexibility index (Phi) is 8.72. The Morgan fingerprint density at radius 2 is 1.76 bits per heavy atom. The third kappa shape index (κ3) is 7.22. The SMILES string of the molecule is Cc1cc(/C=N/NC(=O)c2ccc(O)c(Cl)c2)cc(C)c1OCCNCc1ccc(Cl)cc1. The number of rotatable bonds is 9. The zero-order chi connectivity index (χ0) is 23.8. The van der Waals surface area contributed by atoms with Crippen molar-refractivity contribution in [3.8, 4) is 11.5 Å². The quantitative estimate of drug-likeness (QED) is 0.219. The van der Waals surface area contributed by atoms with Crippen molar-refractivity contribution >= 4 is 35.3 Å². The molecule has 0 aliphatic heterocycles. The number of aryl methyl sites for hydroxylation is 2. The van der Waals surface area contributed by atoms with Gasteiger partial charge in [0.2, 0.25) is 0 Å². The summed E-state index contributed by atoms with van der Waals surface area (Å²) in [5.41, 5.74) is 6.71. The molecule has 0 bridgehead atoms. The van der Waals surface area contributed by atoms with E-state index in [9.17, 15) is 9.90 Å². The van der Waals surface area contributed by atoms with Crippen molar-refractivity contribution < 1.29 is 14.6 Å². The first-order valence-electron chi connectivity index (χ1n) is 10.3. The number of aromatic hydroxyl groups is 1. The molecule has 0 fully saturated rings. The molecule has 0 saturated heterocycles. The van der Waals surface area contributed by atoms with Crippen LogP contribution >= 0.6 is 23.2 Å². The standard InChI is InChI=1S/C25H25Cl2N3O3/c1-16-11-19(15-29-30-25(32)20-5-8-23(31)22(27)13-20)12-17(2)24(16)33-10-9-28-14-18-3-6-21(26)7-4-18/h3-8,11-13,15,28,31H,9-10,14H2,1-2H3,(H,30,32)/b29-15+. The van der Waals surface area contributed by atoms with Crippen LogP contribution in [0.25, 0.3) is 0 Å². The molecule has 0 saturated carbocycles. The zero-order valence-corrected chi connectivity index (χ0v) is 19.9. The Hall–Kier alpha value is -3.06. The van der Waals surface area contributed by atoms with E-state index in [0.717, 1.165) is 39.6 Å². The fourth-order valence-corrected chi connectivity index (χ4v) is 3.53. The molecule has 172 valence electrons. The Balaban J connectivity index is 1.49. The van der Waals surface area contributed by atoms with Crippen LogP contribution in [0.2, 0.25) is 10.0 Å². The summed E-state index contributed by atoms with van der Waals surface area (Å²) in [7, 11) is 0. The number of hydrazone groups is 1. The Morgan fingerprint density at radius 1 is 1.06 bits per heavy atom.